The number of nitrogens with one attached hydrogen (secondary N) is 1. The molecule has 2 nitrogen and oxygen atoms in total. The Bertz CT molecular complexity index is 476. The maximum atomic E-state index is 6.40. The molecular weight excluding hydrogens is 282 g/mol. The van der Waals surface area contributed by atoms with Gasteiger partial charge in [0, 0.05) is 12.6 Å². The smallest absolute Gasteiger partial charge is 0.138 e. The number of hydrogen-bond donors (Lipinski definition) is 1. The van der Waals surface area contributed by atoms with Crippen molar-refractivity contribution in [3.63, 3.8) is 0 Å². The van der Waals surface area contributed by atoms with E-state index in [1.54, 1.807) is 0 Å². The van der Waals surface area contributed by atoms with Gasteiger partial charge in [-0.1, -0.05) is 31.5 Å². The standard InChI is InChI=1S/C18H26ClNO/c1-12-7-13(2)9-16(8-12)21-18-6-3-14(10-17(18)19)11-20-15-4-5-15/h3,6,10,12-13,15-16,20H,4-5,7-9,11H2,1-2H3. The molecule has 1 N–H and O–H groups in total. The molecule has 0 bridgehead atoms. The second-order valence-corrected chi connectivity index (χ2v) is 7.48. The quantitative estimate of drug-likeness (QED) is 0.844. The third kappa shape index (κ3) is 4.37. The summed E-state index contributed by atoms with van der Waals surface area (Å²) in [4.78, 5) is 0. The van der Waals surface area contributed by atoms with Crippen LogP contribution in [0.15, 0.2) is 18.2 Å². The highest BCUT2D eigenvalue weighted by Gasteiger charge is 2.26. The molecule has 2 aliphatic rings. The third-order valence-corrected chi connectivity index (χ3v) is 4.89. The Balaban J connectivity index is 1.59. The van der Waals surface area contributed by atoms with Crippen LogP contribution in [0, 0.1) is 11.8 Å². The molecule has 2 unspecified atom stereocenters. The fourth-order valence-electron chi connectivity index (χ4n) is 3.45. The van der Waals surface area contributed by atoms with Crippen LogP contribution in [0.4, 0.5) is 0 Å². The minimum Gasteiger partial charge on any atom is -0.489 e. The Morgan fingerprint density at radius 1 is 1.14 bits per heavy atom. The van der Waals surface area contributed by atoms with E-state index in [4.69, 9.17) is 16.3 Å². The highest BCUT2D eigenvalue weighted by atomic mass is 35.5. The average molecular weight is 308 g/mol. The Morgan fingerprint density at radius 3 is 2.48 bits per heavy atom. The van der Waals surface area contributed by atoms with Crippen LogP contribution in [0.5, 0.6) is 5.75 Å². The molecular formula is C18H26ClNO. The van der Waals surface area contributed by atoms with Gasteiger partial charge in [0.1, 0.15) is 5.75 Å². The first kappa shape index (κ1) is 15.2. The average Bonchev–Trinajstić information content (AvgIpc) is 3.22. The molecule has 0 heterocycles. The summed E-state index contributed by atoms with van der Waals surface area (Å²) < 4.78 is 6.17. The van der Waals surface area contributed by atoms with Gasteiger partial charge in [-0.25, -0.2) is 0 Å². The molecule has 2 saturated carbocycles. The van der Waals surface area contributed by atoms with Crippen LogP contribution in [0.2, 0.25) is 5.02 Å². The molecule has 1 aromatic carbocycles. The summed E-state index contributed by atoms with van der Waals surface area (Å²) in [7, 11) is 0. The van der Waals surface area contributed by atoms with Crippen LogP contribution < -0.4 is 10.1 Å². The molecule has 0 aliphatic heterocycles. The van der Waals surface area contributed by atoms with Gasteiger partial charge in [0.05, 0.1) is 11.1 Å². The monoisotopic (exact) mass is 307 g/mol. The predicted molar refractivity (Wildman–Crippen MR) is 87.9 cm³/mol. The maximum absolute atomic E-state index is 6.40. The summed E-state index contributed by atoms with van der Waals surface area (Å²) in [5.41, 5.74) is 1.24. The number of hydrogen-bond acceptors (Lipinski definition) is 2. The zero-order valence-corrected chi connectivity index (χ0v) is 13.8. The van der Waals surface area contributed by atoms with Crippen molar-refractivity contribution in [1.29, 1.82) is 0 Å². The fraction of sp³-hybridized carbons (Fsp3) is 0.667. The lowest BCUT2D eigenvalue weighted by molar-refractivity contribution is 0.101. The Morgan fingerprint density at radius 2 is 1.86 bits per heavy atom. The minimum atomic E-state index is 0.316. The summed E-state index contributed by atoms with van der Waals surface area (Å²) in [6.45, 7) is 5.54. The maximum Gasteiger partial charge on any atom is 0.138 e. The van der Waals surface area contributed by atoms with E-state index in [1.807, 2.05) is 12.1 Å². The van der Waals surface area contributed by atoms with Gasteiger partial charge >= 0.3 is 0 Å². The molecule has 0 saturated heterocycles. The topological polar surface area (TPSA) is 21.3 Å². The highest BCUT2D eigenvalue weighted by molar-refractivity contribution is 6.32. The van der Waals surface area contributed by atoms with Crippen molar-refractivity contribution in [2.75, 3.05) is 0 Å². The van der Waals surface area contributed by atoms with Crippen molar-refractivity contribution < 1.29 is 4.74 Å². The Hall–Kier alpha value is -0.730. The van der Waals surface area contributed by atoms with Gasteiger partial charge in [0.15, 0.2) is 0 Å². The summed E-state index contributed by atoms with van der Waals surface area (Å²) >= 11 is 6.40. The molecule has 3 heteroatoms. The van der Waals surface area contributed by atoms with E-state index in [2.05, 4.69) is 25.2 Å². The molecule has 0 aromatic heterocycles. The number of rotatable bonds is 5. The van der Waals surface area contributed by atoms with Crippen molar-refractivity contribution >= 4 is 11.6 Å². The van der Waals surface area contributed by atoms with Crippen molar-refractivity contribution in [1.82, 2.24) is 5.32 Å². The first-order chi connectivity index (χ1) is 10.1. The van der Waals surface area contributed by atoms with E-state index in [9.17, 15) is 0 Å². The van der Waals surface area contributed by atoms with Crippen molar-refractivity contribution in [3.05, 3.63) is 28.8 Å². The van der Waals surface area contributed by atoms with Gasteiger partial charge in [-0.15, -0.1) is 0 Å². The minimum absolute atomic E-state index is 0.316. The lowest BCUT2D eigenvalue weighted by Gasteiger charge is -2.32. The van der Waals surface area contributed by atoms with Crippen LogP contribution in [-0.4, -0.2) is 12.1 Å². The largest absolute Gasteiger partial charge is 0.489 e. The van der Waals surface area contributed by atoms with Gasteiger partial charge in [0.25, 0.3) is 0 Å². The van der Waals surface area contributed by atoms with Crippen molar-refractivity contribution in [2.24, 2.45) is 11.8 Å². The van der Waals surface area contributed by atoms with E-state index < -0.39 is 0 Å². The normalized spacial score (nSPS) is 29.4. The number of ether oxygens (including phenoxy) is 1. The second kappa shape index (κ2) is 6.58. The lowest BCUT2D eigenvalue weighted by Crippen LogP contribution is -2.28. The first-order valence-corrected chi connectivity index (χ1v) is 8.66. The Kier molecular flexibility index (Phi) is 4.75. The van der Waals surface area contributed by atoms with Crippen LogP contribution >= 0.6 is 11.6 Å². The molecule has 3 rings (SSSR count). The summed E-state index contributed by atoms with van der Waals surface area (Å²) in [6, 6.07) is 6.94. The lowest BCUT2D eigenvalue weighted by atomic mass is 9.82. The molecule has 21 heavy (non-hydrogen) atoms. The van der Waals surface area contributed by atoms with Gasteiger partial charge in [-0.05, 0) is 61.6 Å². The SMILES string of the molecule is CC1CC(C)CC(Oc2ccc(CNC3CC3)cc2Cl)C1. The summed E-state index contributed by atoms with van der Waals surface area (Å²) in [6.07, 6.45) is 6.55. The van der Waals surface area contributed by atoms with Crippen molar-refractivity contribution in [2.45, 2.75) is 64.6 Å². The molecule has 2 atom stereocenters. The van der Waals surface area contributed by atoms with Crippen LogP contribution in [0.3, 0.4) is 0 Å². The van der Waals surface area contributed by atoms with E-state index in [1.165, 1.54) is 24.8 Å². The van der Waals surface area contributed by atoms with Gasteiger partial charge in [0.2, 0.25) is 0 Å². The molecule has 2 fully saturated rings. The molecule has 0 amide bonds. The van der Waals surface area contributed by atoms with E-state index in [0.717, 1.165) is 48.0 Å². The summed E-state index contributed by atoms with van der Waals surface area (Å²) in [5, 5.41) is 4.26. The Labute approximate surface area is 133 Å². The molecule has 2 aliphatic carbocycles. The zero-order valence-electron chi connectivity index (χ0n) is 13.1. The molecule has 0 spiro atoms. The zero-order chi connectivity index (χ0) is 14.8. The molecule has 116 valence electrons. The van der Waals surface area contributed by atoms with Gasteiger partial charge in [-0.2, -0.15) is 0 Å². The van der Waals surface area contributed by atoms with Crippen molar-refractivity contribution in [3.8, 4) is 5.75 Å². The molecule has 1 aromatic rings. The van der Waals surface area contributed by atoms with E-state index in [-0.39, 0.29) is 0 Å². The highest BCUT2D eigenvalue weighted by Crippen LogP contribution is 2.34. The molecule has 0 radical (unpaired) electrons. The van der Waals surface area contributed by atoms with E-state index in [0.29, 0.717) is 6.10 Å². The van der Waals surface area contributed by atoms with Crippen LogP contribution in [0.1, 0.15) is 51.5 Å². The summed E-state index contributed by atoms with van der Waals surface area (Å²) in [5.74, 6) is 2.34. The van der Waals surface area contributed by atoms with Crippen LogP contribution in [-0.2, 0) is 6.54 Å². The predicted octanol–water partition coefficient (Wildman–Crippen LogP) is 4.80. The van der Waals surface area contributed by atoms with Gasteiger partial charge in [-0.3, -0.25) is 0 Å². The van der Waals surface area contributed by atoms with Crippen LogP contribution in [0.25, 0.3) is 0 Å². The second-order valence-electron chi connectivity index (χ2n) is 7.08. The first-order valence-electron chi connectivity index (χ1n) is 8.28. The number of benzene rings is 1. The third-order valence-electron chi connectivity index (χ3n) is 4.60. The fourth-order valence-corrected chi connectivity index (χ4v) is 3.70. The number of halogens is 1. The van der Waals surface area contributed by atoms with Gasteiger partial charge < -0.3 is 10.1 Å². The van der Waals surface area contributed by atoms with E-state index >= 15 is 0 Å².